The van der Waals surface area contributed by atoms with Crippen LogP contribution in [0.5, 0.6) is 5.75 Å². The van der Waals surface area contributed by atoms with Gasteiger partial charge in [0.1, 0.15) is 5.75 Å². The van der Waals surface area contributed by atoms with Crippen molar-refractivity contribution >= 4 is 10.9 Å². The number of ether oxygens (including phenoxy) is 1. The van der Waals surface area contributed by atoms with Crippen molar-refractivity contribution in [2.75, 3.05) is 27.7 Å². The van der Waals surface area contributed by atoms with Gasteiger partial charge in [-0.2, -0.15) is 5.10 Å². The molecule has 0 aliphatic heterocycles. The first kappa shape index (κ1) is 16.5. The van der Waals surface area contributed by atoms with Gasteiger partial charge >= 0.3 is 0 Å². The number of hydrogen-bond donors (Lipinski definition) is 2. The van der Waals surface area contributed by atoms with Gasteiger partial charge in [-0.3, -0.25) is 5.10 Å². The normalized spacial score (nSPS) is 12.7. The highest BCUT2D eigenvalue weighted by atomic mass is 16.5. The SMILES string of the molecule is COc1ccc([C@H](CN(C)C)NCc2ccc3cn[nH]c3c2)cc1. The zero-order valence-electron chi connectivity index (χ0n) is 14.4. The van der Waals surface area contributed by atoms with Crippen LogP contribution >= 0.6 is 0 Å². The van der Waals surface area contributed by atoms with E-state index in [1.807, 2.05) is 18.3 Å². The molecule has 3 aromatic rings. The van der Waals surface area contributed by atoms with Gasteiger partial charge in [-0.25, -0.2) is 0 Å². The van der Waals surface area contributed by atoms with E-state index in [0.29, 0.717) is 0 Å². The van der Waals surface area contributed by atoms with Crippen molar-refractivity contribution in [3.05, 3.63) is 59.8 Å². The van der Waals surface area contributed by atoms with E-state index in [1.54, 1.807) is 7.11 Å². The van der Waals surface area contributed by atoms with E-state index >= 15 is 0 Å². The standard InChI is InChI=1S/C19H24N4O/c1-23(2)13-19(15-6-8-17(24-3)9-7-15)20-11-14-4-5-16-12-21-22-18(16)10-14/h4-10,12,19-20H,11,13H2,1-3H3,(H,21,22)/t19-/m0/s1. The highest BCUT2D eigenvalue weighted by molar-refractivity contribution is 5.78. The van der Waals surface area contributed by atoms with Crippen molar-refractivity contribution < 1.29 is 4.74 Å². The molecule has 0 aliphatic rings. The van der Waals surface area contributed by atoms with Crippen molar-refractivity contribution in [2.45, 2.75) is 12.6 Å². The van der Waals surface area contributed by atoms with Crippen LogP contribution in [0.15, 0.2) is 48.7 Å². The molecule has 0 unspecified atom stereocenters. The lowest BCUT2D eigenvalue weighted by atomic mass is 10.1. The lowest BCUT2D eigenvalue weighted by Crippen LogP contribution is -2.30. The molecule has 0 bridgehead atoms. The largest absolute Gasteiger partial charge is 0.497 e. The third kappa shape index (κ3) is 3.93. The maximum atomic E-state index is 5.25. The number of likely N-dealkylation sites (N-methyl/N-ethyl adjacent to an activating group) is 1. The fraction of sp³-hybridized carbons (Fsp3) is 0.316. The number of aromatic amines is 1. The maximum absolute atomic E-state index is 5.25. The molecule has 24 heavy (non-hydrogen) atoms. The quantitative estimate of drug-likeness (QED) is 0.701. The molecule has 1 aromatic heterocycles. The molecule has 1 heterocycles. The molecule has 0 radical (unpaired) electrons. The second-order valence-corrected chi connectivity index (χ2v) is 6.26. The molecule has 0 spiro atoms. The molecule has 0 saturated carbocycles. The summed E-state index contributed by atoms with van der Waals surface area (Å²) < 4.78 is 5.25. The van der Waals surface area contributed by atoms with Crippen LogP contribution < -0.4 is 10.1 Å². The fourth-order valence-electron chi connectivity index (χ4n) is 2.82. The third-order valence-corrected chi connectivity index (χ3v) is 4.12. The Morgan fingerprint density at radius 3 is 2.67 bits per heavy atom. The van der Waals surface area contributed by atoms with Gasteiger partial charge in [0, 0.05) is 24.5 Å². The summed E-state index contributed by atoms with van der Waals surface area (Å²) in [6, 6.07) is 14.9. The molecule has 5 heteroatoms. The number of methoxy groups -OCH3 is 1. The highest BCUT2D eigenvalue weighted by Gasteiger charge is 2.12. The van der Waals surface area contributed by atoms with Crippen LogP contribution in [0.3, 0.4) is 0 Å². The van der Waals surface area contributed by atoms with E-state index in [2.05, 4.69) is 64.8 Å². The highest BCUT2D eigenvalue weighted by Crippen LogP contribution is 2.19. The van der Waals surface area contributed by atoms with Gasteiger partial charge in [0.25, 0.3) is 0 Å². The number of nitrogens with zero attached hydrogens (tertiary/aromatic N) is 2. The summed E-state index contributed by atoms with van der Waals surface area (Å²) >= 11 is 0. The monoisotopic (exact) mass is 324 g/mol. The van der Waals surface area contributed by atoms with Gasteiger partial charge in [0.05, 0.1) is 18.8 Å². The zero-order valence-corrected chi connectivity index (χ0v) is 14.4. The van der Waals surface area contributed by atoms with Crippen LogP contribution in [-0.2, 0) is 6.54 Å². The van der Waals surface area contributed by atoms with E-state index in [-0.39, 0.29) is 6.04 Å². The maximum Gasteiger partial charge on any atom is 0.118 e. The fourth-order valence-corrected chi connectivity index (χ4v) is 2.82. The van der Waals surface area contributed by atoms with Crippen LogP contribution in [0.25, 0.3) is 10.9 Å². The summed E-state index contributed by atoms with van der Waals surface area (Å²) in [5, 5.41) is 11.9. The Morgan fingerprint density at radius 2 is 1.96 bits per heavy atom. The molecule has 0 aliphatic carbocycles. The molecule has 2 aromatic carbocycles. The molecular formula is C19H24N4O. The predicted molar refractivity (Wildman–Crippen MR) is 97.2 cm³/mol. The van der Waals surface area contributed by atoms with Crippen molar-refractivity contribution in [1.29, 1.82) is 0 Å². The number of fused-ring (bicyclic) bond motifs is 1. The van der Waals surface area contributed by atoms with Crippen molar-refractivity contribution in [3.8, 4) is 5.75 Å². The van der Waals surface area contributed by atoms with Crippen molar-refractivity contribution in [1.82, 2.24) is 20.4 Å². The molecule has 0 amide bonds. The topological polar surface area (TPSA) is 53.2 Å². The second kappa shape index (κ2) is 7.47. The van der Waals surface area contributed by atoms with Gasteiger partial charge in [0.15, 0.2) is 0 Å². The number of benzene rings is 2. The van der Waals surface area contributed by atoms with E-state index in [1.165, 1.54) is 11.1 Å². The molecule has 3 rings (SSSR count). The molecule has 1 atom stereocenters. The van der Waals surface area contributed by atoms with E-state index in [0.717, 1.165) is 29.7 Å². The molecule has 0 saturated heterocycles. The van der Waals surface area contributed by atoms with Crippen LogP contribution in [0.2, 0.25) is 0 Å². The average molecular weight is 324 g/mol. The first-order valence-electron chi connectivity index (χ1n) is 8.10. The first-order chi connectivity index (χ1) is 11.7. The average Bonchev–Trinajstić information content (AvgIpc) is 3.06. The number of H-pyrrole nitrogens is 1. The van der Waals surface area contributed by atoms with E-state index in [9.17, 15) is 0 Å². The minimum atomic E-state index is 0.253. The second-order valence-electron chi connectivity index (χ2n) is 6.26. The van der Waals surface area contributed by atoms with Gasteiger partial charge < -0.3 is 15.0 Å². The Morgan fingerprint density at radius 1 is 1.17 bits per heavy atom. The summed E-state index contributed by atoms with van der Waals surface area (Å²) in [6.07, 6.45) is 1.85. The van der Waals surface area contributed by atoms with Gasteiger partial charge in [-0.1, -0.05) is 24.3 Å². The van der Waals surface area contributed by atoms with E-state index in [4.69, 9.17) is 4.74 Å². The van der Waals surface area contributed by atoms with E-state index < -0.39 is 0 Å². The number of rotatable bonds is 7. The summed E-state index contributed by atoms with van der Waals surface area (Å²) in [7, 11) is 5.87. The Hall–Kier alpha value is -2.37. The summed E-state index contributed by atoms with van der Waals surface area (Å²) in [5.74, 6) is 0.882. The first-order valence-corrected chi connectivity index (χ1v) is 8.10. The third-order valence-electron chi connectivity index (χ3n) is 4.12. The minimum absolute atomic E-state index is 0.253. The van der Waals surface area contributed by atoms with Crippen molar-refractivity contribution in [3.63, 3.8) is 0 Å². The Kier molecular flexibility index (Phi) is 5.13. The molecular weight excluding hydrogens is 300 g/mol. The molecule has 126 valence electrons. The van der Waals surface area contributed by atoms with Crippen molar-refractivity contribution in [2.24, 2.45) is 0 Å². The Labute approximate surface area is 142 Å². The lowest BCUT2D eigenvalue weighted by Gasteiger charge is -2.23. The Balaban J connectivity index is 1.73. The lowest BCUT2D eigenvalue weighted by molar-refractivity contribution is 0.340. The molecule has 5 nitrogen and oxygen atoms in total. The van der Waals surface area contributed by atoms with Crippen LogP contribution in [0.4, 0.5) is 0 Å². The van der Waals surface area contributed by atoms with Crippen LogP contribution in [-0.4, -0.2) is 42.8 Å². The van der Waals surface area contributed by atoms with Crippen LogP contribution in [0.1, 0.15) is 17.2 Å². The Bertz CT molecular complexity index is 779. The van der Waals surface area contributed by atoms with Gasteiger partial charge in [0.2, 0.25) is 0 Å². The van der Waals surface area contributed by atoms with Gasteiger partial charge in [-0.15, -0.1) is 0 Å². The number of nitrogens with one attached hydrogen (secondary N) is 2. The zero-order chi connectivity index (χ0) is 16.9. The number of hydrogen-bond acceptors (Lipinski definition) is 4. The predicted octanol–water partition coefficient (Wildman–Crippen LogP) is 2.96. The molecule has 2 N–H and O–H groups in total. The number of aromatic nitrogens is 2. The smallest absolute Gasteiger partial charge is 0.118 e. The molecule has 0 fully saturated rings. The summed E-state index contributed by atoms with van der Waals surface area (Å²) in [6.45, 7) is 1.73. The minimum Gasteiger partial charge on any atom is -0.497 e. The van der Waals surface area contributed by atoms with Crippen LogP contribution in [0, 0.1) is 0 Å². The summed E-state index contributed by atoms with van der Waals surface area (Å²) in [5.41, 5.74) is 3.57. The van der Waals surface area contributed by atoms with Gasteiger partial charge in [-0.05, 0) is 43.4 Å². The summed E-state index contributed by atoms with van der Waals surface area (Å²) in [4.78, 5) is 2.19.